The van der Waals surface area contributed by atoms with Gasteiger partial charge < -0.3 is 19.1 Å². The monoisotopic (exact) mass is 382 g/mol. The van der Waals surface area contributed by atoms with Crippen molar-refractivity contribution in [2.45, 2.75) is 44.9 Å². The van der Waals surface area contributed by atoms with E-state index in [-0.39, 0.29) is 18.8 Å². The number of aromatic nitrogens is 1. The average Bonchev–Trinajstić information content (AvgIpc) is 3.10. The highest BCUT2D eigenvalue weighted by Gasteiger charge is 2.43. The predicted molar refractivity (Wildman–Crippen MR) is 92.4 cm³/mol. The number of carboxylic acids is 1. The molecule has 1 amide bonds. The van der Waals surface area contributed by atoms with Crippen LogP contribution in [0.4, 0.5) is 4.79 Å². The zero-order valence-electron chi connectivity index (χ0n) is 14.6. The van der Waals surface area contributed by atoms with Gasteiger partial charge in [0.2, 0.25) is 0 Å². The van der Waals surface area contributed by atoms with E-state index in [1.165, 1.54) is 0 Å². The third-order valence-corrected chi connectivity index (χ3v) is 4.09. The van der Waals surface area contributed by atoms with Gasteiger partial charge in [0, 0.05) is 17.5 Å². The maximum absolute atomic E-state index is 12.3. The number of carboxylic acid groups (broad SMARTS) is 1. The van der Waals surface area contributed by atoms with Crippen molar-refractivity contribution in [2.24, 2.45) is 0 Å². The van der Waals surface area contributed by atoms with Gasteiger partial charge in [-0.15, -0.1) is 0 Å². The van der Waals surface area contributed by atoms with Crippen LogP contribution >= 0.6 is 11.6 Å². The van der Waals surface area contributed by atoms with Gasteiger partial charge in [0.05, 0.1) is 11.9 Å². The van der Waals surface area contributed by atoms with Gasteiger partial charge >= 0.3 is 12.1 Å². The van der Waals surface area contributed by atoms with E-state index < -0.39 is 29.8 Å². The molecule has 2 heterocycles. The number of benzene rings is 1. The van der Waals surface area contributed by atoms with E-state index >= 15 is 0 Å². The number of nitrogens with zero attached hydrogens (tertiary/aromatic N) is 2. The first-order valence-corrected chi connectivity index (χ1v) is 8.46. The fourth-order valence-electron chi connectivity index (χ4n) is 2.77. The van der Waals surface area contributed by atoms with Crippen LogP contribution in [0.3, 0.4) is 0 Å². The molecule has 1 saturated heterocycles. The molecule has 8 nitrogen and oxygen atoms in total. The number of hydrogen-bond acceptors (Lipinski definition) is 6. The molecular formula is C17H19ClN2O6. The molecule has 26 heavy (non-hydrogen) atoms. The number of amides is 1. The van der Waals surface area contributed by atoms with Crippen molar-refractivity contribution < 1.29 is 28.7 Å². The van der Waals surface area contributed by atoms with Crippen LogP contribution in [0.1, 0.15) is 27.2 Å². The lowest BCUT2D eigenvalue weighted by atomic mass is 10.2. The Kier molecular flexibility index (Phi) is 4.70. The van der Waals surface area contributed by atoms with Crippen LogP contribution in [0.2, 0.25) is 5.02 Å². The van der Waals surface area contributed by atoms with Crippen LogP contribution in [-0.4, -0.2) is 51.5 Å². The first kappa shape index (κ1) is 18.3. The van der Waals surface area contributed by atoms with Crippen molar-refractivity contribution in [2.75, 3.05) is 6.54 Å². The molecule has 1 aromatic heterocycles. The number of carbonyl (C=O) groups excluding carboxylic acids is 1. The smallest absolute Gasteiger partial charge is 0.411 e. The predicted octanol–water partition coefficient (Wildman–Crippen LogP) is 3.32. The SMILES string of the molecule is CC(C)(C)OC(=O)N1C[C@H](Oc2noc3cc(Cl)ccc23)C[C@H]1C(=O)O. The minimum absolute atomic E-state index is 0.0772. The van der Waals surface area contributed by atoms with E-state index in [9.17, 15) is 14.7 Å². The van der Waals surface area contributed by atoms with Crippen LogP contribution in [0, 0.1) is 0 Å². The van der Waals surface area contributed by atoms with E-state index in [1.54, 1.807) is 39.0 Å². The molecule has 1 aromatic carbocycles. The molecule has 3 rings (SSSR count). The number of carbonyl (C=O) groups is 2. The molecule has 0 unspecified atom stereocenters. The number of hydrogen-bond donors (Lipinski definition) is 1. The van der Waals surface area contributed by atoms with E-state index in [4.69, 9.17) is 25.6 Å². The number of aliphatic carboxylic acids is 1. The van der Waals surface area contributed by atoms with Crippen molar-refractivity contribution >= 4 is 34.6 Å². The molecule has 0 radical (unpaired) electrons. The number of halogens is 1. The fraction of sp³-hybridized carbons (Fsp3) is 0.471. The van der Waals surface area contributed by atoms with Gasteiger partial charge in [-0.3, -0.25) is 4.90 Å². The van der Waals surface area contributed by atoms with Crippen LogP contribution in [0.25, 0.3) is 11.0 Å². The van der Waals surface area contributed by atoms with Gasteiger partial charge in [0.15, 0.2) is 5.58 Å². The first-order valence-electron chi connectivity index (χ1n) is 8.08. The topological polar surface area (TPSA) is 102 Å². The number of fused-ring (bicyclic) bond motifs is 1. The van der Waals surface area contributed by atoms with Crippen LogP contribution in [0.5, 0.6) is 5.88 Å². The Morgan fingerprint density at radius 1 is 1.38 bits per heavy atom. The summed E-state index contributed by atoms with van der Waals surface area (Å²) in [5, 5.41) is 14.4. The minimum atomic E-state index is -1.11. The van der Waals surface area contributed by atoms with E-state index in [0.29, 0.717) is 16.0 Å². The zero-order chi connectivity index (χ0) is 19.1. The molecule has 9 heteroatoms. The molecule has 1 N–H and O–H groups in total. The van der Waals surface area contributed by atoms with Gasteiger partial charge in [-0.2, -0.15) is 0 Å². The summed E-state index contributed by atoms with van der Waals surface area (Å²) in [6.45, 7) is 5.24. The van der Waals surface area contributed by atoms with Crippen LogP contribution < -0.4 is 4.74 Å². The van der Waals surface area contributed by atoms with Crippen LogP contribution in [0.15, 0.2) is 22.7 Å². The highest BCUT2D eigenvalue weighted by atomic mass is 35.5. The van der Waals surface area contributed by atoms with E-state index in [1.807, 2.05) is 0 Å². The Morgan fingerprint density at radius 3 is 2.77 bits per heavy atom. The molecule has 0 spiro atoms. The zero-order valence-corrected chi connectivity index (χ0v) is 15.3. The quantitative estimate of drug-likeness (QED) is 0.868. The summed E-state index contributed by atoms with van der Waals surface area (Å²) >= 11 is 5.91. The van der Waals surface area contributed by atoms with Crippen molar-refractivity contribution in [3.8, 4) is 5.88 Å². The summed E-state index contributed by atoms with van der Waals surface area (Å²) in [4.78, 5) is 25.0. The normalized spacial score (nSPS) is 20.4. The summed E-state index contributed by atoms with van der Waals surface area (Å²) in [6.07, 6.45) is -1.11. The van der Waals surface area contributed by atoms with Gasteiger partial charge in [-0.1, -0.05) is 11.6 Å². The standard InChI is InChI=1S/C17H19ClN2O6/c1-17(2,3)25-16(23)20-8-10(7-12(20)15(21)22)24-14-11-5-4-9(18)6-13(11)26-19-14/h4-6,10,12H,7-8H2,1-3H3,(H,21,22)/t10-,12+/m1/s1. The summed E-state index contributed by atoms with van der Waals surface area (Å²) in [7, 11) is 0. The maximum Gasteiger partial charge on any atom is 0.411 e. The summed E-state index contributed by atoms with van der Waals surface area (Å²) in [5.74, 6) is -0.879. The lowest BCUT2D eigenvalue weighted by molar-refractivity contribution is -0.142. The maximum atomic E-state index is 12.3. The number of likely N-dealkylation sites (tertiary alicyclic amines) is 1. The Morgan fingerprint density at radius 2 is 2.12 bits per heavy atom. The van der Waals surface area contributed by atoms with Gasteiger partial charge in [-0.05, 0) is 38.1 Å². The number of rotatable bonds is 3. The number of ether oxygens (including phenoxy) is 2. The third-order valence-electron chi connectivity index (χ3n) is 3.86. The second-order valence-electron chi connectivity index (χ2n) is 7.09. The molecule has 2 aromatic rings. The Bertz CT molecular complexity index is 843. The third kappa shape index (κ3) is 3.85. The lowest BCUT2D eigenvalue weighted by Gasteiger charge is -2.26. The van der Waals surface area contributed by atoms with E-state index in [0.717, 1.165) is 4.90 Å². The molecule has 0 aliphatic carbocycles. The van der Waals surface area contributed by atoms with E-state index in [2.05, 4.69) is 5.16 Å². The van der Waals surface area contributed by atoms with Gasteiger partial charge in [0.25, 0.3) is 5.88 Å². The summed E-state index contributed by atoms with van der Waals surface area (Å²) in [6, 6.07) is 3.97. The Balaban J connectivity index is 1.77. The second-order valence-corrected chi connectivity index (χ2v) is 7.53. The molecule has 140 valence electrons. The molecule has 2 atom stereocenters. The Labute approximate surface area is 154 Å². The molecule has 0 bridgehead atoms. The van der Waals surface area contributed by atoms with Crippen molar-refractivity contribution in [3.63, 3.8) is 0 Å². The first-order chi connectivity index (χ1) is 12.1. The van der Waals surface area contributed by atoms with Gasteiger partial charge in [0.1, 0.15) is 17.7 Å². The molecular weight excluding hydrogens is 364 g/mol. The molecule has 1 fully saturated rings. The van der Waals surface area contributed by atoms with Crippen molar-refractivity contribution in [3.05, 3.63) is 23.2 Å². The average molecular weight is 383 g/mol. The van der Waals surface area contributed by atoms with Gasteiger partial charge in [-0.25, -0.2) is 9.59 Å². The second kappa shape index (κ2) is 6.68. The lowest BCUT2D eigenvalue weighted by Crippen LogP contribution is -2.43. The van der Waals surface area contributed by atoms with Crippen LogP contribution in [-0.2, 0) is 9.53 Å². The largest absolute Gasteiger partial charge is 0.480 e. The van der Waals surface area contributed by atoms with Crippen molar-refractivity contribution in [1.29, 1.82) is 0 Å². The summed E-state index contributed by atoms with van der Waals surface area (Å²) in [5.41, 5.74) is -0.259. The fourth-order valence-corrected chi connectivity index (χ4v) is 2.93. The minimum Gasteiger partial charge on any atom is -0.480 e. The summed E-state index contributed by atoms with van der Waals surface area (Å²) < 4.78 is 16.3. The highest BCUT2D eigenvalue weighted by molar-refractivity contribution is 6.31. The Hall–Kier alpha value is -2.48. The highest BCUT2D eigenvalue weighted by Crippen LogP contribution is 2.31. The molecule has 1 aliphatic rings. The van der Waals surface area contributed by atoms with Crippen molar-refractivity contribution in [1.82, 2.24) is 10.1 Å². The molecule has 1 aliphatic heterocycles. The molecule has 0 saturated carbocycles.